The molecule has 0 unspecified atom stereocenters. The molecule has 9 nitrogen and oxygen atoms in total. The van der Waals surface area contributed by atoms with Crippen LogP contribution in [0.4, 0.5) is 24.1 Å². The summed E-state index contributed by atoms with van der Waals surface area (Å²) in [5.41, 5.74) is -0.0745. The second kappa shape index (κ2) is 10.7. The zero-order valence-corrected chi connectivity index (χ0v) is 20.8. The predicted octanol–water partition coefficient (Wildman–Crippen LogP) is 4.89. The highest BCUT2D eigenvalue weighted by Gasteiger charge is 2.37. The van der Waals surface area contributed by atoms with E-state index in [1.807, 2.05) is 0 Å². The molecule has 2 aliphatic heterocycles. The highest BCUT2D eigenvalue weighted by atomic mass is 31.2. The second-order valence-corrected chi connectivity index (χ2v) is 11.3. The number of hydrogen-bond donors (Lipinski definition) is 1. The van der Waals surface area contributed by atoms with Gasteiger partial charge in [-0.25, -0.2) is 18.4 Å². The van der Waals surface area contributed by atoms with E-state index in [1.165, 1.54) is 7.11 Å². The highest BCUT2D eigenvalue weighted by molar-refractivity contribution is 7.59. The molecule has 2 heterocycles. The molecule has 0 bridgehead atoms. The van der Waals surface area contributed by atoms with Gasteiger partial charge < -0.3 is 24.1 Å². The van der Waals surface area contributed by atoms with Crippen molar-refractivity contribution in [3.63, 3.8) is 0 Å². The highest BCUT2D eigenvalue weighted by Crippen LogP contribution is 2.54. The Bertz CT molecular complexity index is 1140. The summed E-state index contributed by atoms with van der Waals surface area (Å²) in [6.45, 7) is 0.00898. The van der Waals surface area contributed by atoms with Gasteiger partial charge in [-0.05, 0) is 55.2 Å². The molecule has 2 saturated heterocycles. The normalized spacial score (nSPS) is 23.7. The van der Waals surface area contributed by atoms with Gasteiger partial charge in [0.15, 0.2) is 0 Å². The molecule has 194 valence electrons. The second-order valence-electron chi connectivity index (χ2n) is 8.61. The monoisotopic (exact) mass is 524 g/mol. The summed E-state index contributed by atoms with van der Waals surface area (Å²) in [5.74, 6) is -0.937. The van der Waals surface area contributed by atoms with Crippen molar-refractivity contribution in [3.05, 3.63) is 53.6 Å². The van der Waals surface area contributed by atoms with Gasteiger partial charge in [0.2, 0.25) is 7.37 Å². The van der Waals surface area contributed by atoms with E-state index < -0.39 is 43.2 Å². The van der Waals surface area contributed by atoms with Gasteiger partial charge in [-0.15, -0.1) is 0 Å². The molecule has 2 aromatic carbocycles. The van der Waals surface area contributed by atoms with Gasteiger partial charge in [-0.1, -0.05) is 0 Å². The van der Waals surface area contributed by atoms with E-state index in [1.54, 1.807) is 31.4 Å². The Morgan fingerprint density at radius 1 is 1.11 bits per heavy atom. The third-order valence-electron chi connectivity index (χ3n) is 6.28. The summed E-state index contributed by atoms with van der Waals surface area (Å²) in [7, 11) is -0.252. The average Bonchev–Trinajstić information content (AvgIpc) is 3.24. The minimum absolute atomic E-state index is 0.00130. The molecule has 0 aliphatic carbocycles. The molecule has 2 amide bonds. The van der Waals surface area contributed by atoms with Crippen LogP contribution >= 0.6 is 7.37 Å². The molecule has 2 fully saturated rings. The fourth-order valence-electron chi connectivity index (χ4n) is 4.39. The number of carbonyl (C=O) groups is 2. The summed E-state index contributed by atoms with van der Waals surface area (Å²) in [6.07, 6.45) is -1.16. The van der Waals surface area contributed by atoms with Crippen molar-refractivity contribution in [2.24, 2.45) is 0 Å². The number of halogens is 2. The maximum atomic E-state index is 15.1. The number of nitrogens with zero attached hydrogens (tertiary/aromatic N) is 1. The Morgan fingerprint density at radius 3 is 2.31 bits per heavy atom. The number of benzene rings is 2. The summed E-state index contributed by atoms with van der Waals surface area (Å²) in [4.78, 5) is 24.6. The number of nitrogens with one attached hydrogen (secondary N) is 1. The fraction of sp³-hybridized carbons (Fsp3) is 0.417. The van der Waals surface area contributed by atoms with E-state index in [-0.39, 0.29) is 36.7 Å². The van der Waals surface area contributed by atoms with Gasteiger partial charge in [0.05, 0.1) is 33.0 Å². The molecular formula is C24H27F2N2O7P. The molecule has 2 aromatic rings. The number of amides is 2. The first kappa shape index (κ1) is 25.8. The van der Waals surface area contributed by atoms with E-state index >= 15 is 8.78 Å². The molecule has 0 spiro atoms. The van der Waals surface area contributed by atoms with Gasteiger partial charge in [-0.2, -0.15) is 0 Å². The maximum absolute atomic E-state index is 15.1. The van der Waals surface area contributed by atoms with Crippen molar-refractivity contribution in [3.8, 4) is 11.5 Å². The van der Waals surface area contributed by atoms with Gasteiger partial charge >= 0.3 is 12.2 Å². The number of methoxy groups -OCH3 is 2. The Morgan fingerprint density at radius 2 is 1.72 bits per heavy atom. The Labute approximate surface area is 207 Å². The van der Waals surface area contributed by atoms with E-state index in [0.29, 0.717) is 24.3 Å². The fourth-order valence-corrected chi connectivity index (χ4v) is 6.72. The molecule has 0 radical (unpaired) electrons. The lowest BCUT2D eigenvalue weighted by molar-refractivity contribution is 0.132. The van der Waals surface area contributed by atoms with Crippen LogP contribution < -0.4 is 19.5 Å². The molecular weight excluding hydrogens is 497 g/mol. The summed E-state index contributed by atoms with van der Waals surface area (Å²) < 4.78 is 63.8. The first-order valence-corrected chi connectivity index (χ1v) is 13.4. The van der Waals surface area contributed by atoms with Crippen molar-refractivity contribution < 1.29 is 41.7 Å². The Kier molecular flexibility index (Phi) is 7.68. The molecule has 0 aromatic heterocycles. The number of rotatable bonds is 7. The van der Waals surface area contributed by atoms with Crippen LogP contribution in [-0.2, 0) is 14.0 Å². The lowest BCUT2D eigenvalue weighted by atomic mass is 9.92. The molecule has 1 N–H and O–H groups in total. The lowest BCUT2D eigenvalue weighted by Gasteiger charge is -2.30. The first-order chi connectivity index (χ1) is 17.2. The van der Waals surface area contributed by atoms with Crippen LogP contribution in [0.5, 0.6) is 11.5 Å². The van der Waals surface area contributed by atoms with Crippen LogP contribution in [0, 0.1) is 11.6 Å². The SMILES string of the molecule is COC(=O)NC[C@H]1CN(c2cc(F)c(C3CCP(=O)(Oc4ccc(OC)cc4)CC3)c(F)c2)C(=O)O1. The van der Waals surface area contributed by atoms with Crippen molar-refractivity contribution in [2.45, 2.75) is 24.9 Å². The maximum Gasteiger partial charge on any atom is 0.414 e. The van der Waals surface area contributed by atoms with Gasteiger partial charge in [0, 0.05) is 17.9 Å². The number of anilines is 1. The van der Waals surface area contributed by atoms with E-state index in [4.69, 9.17) is 14.0 Å². The summed E-state index contributed by atoms with van der Waals surface area (Å²) in [5, 5.41) is 2.42. The minimum atomic E-state index is -3.00. The lowest BCUT2D eigenvalue weighted by Crippen LogP contribution is -2.34. The molecule has 36 heavy (non-hydrogen) atoms. The van der Waals surface area contributed by atoms with E-state index in [0.717, 1.165) is 17.0 Å². The quantitative estimate of drug-likeness (QED) is 0.515. The van der Waals surface area contributed by atoms with Gasteiger partial charge in [0.1, 0.15) is 29.2 Å². The third-order valence-corrected chi connectivity index (χ3v) is 8.71. The van der Waals surface area contributed by atoms with Crippen LogP contribution in [0.25, 0.3) is 0 Å². The van der Waals surface area contributed by atoms with Crippen molar-refractivity contribution >= 4 is 25.2 Å². The topological polar surface area (TPSA) is 103 Å². The predicted molar refractivity (Wildman–Crippen MR) is 127 cm³/mol. The molecule has 4 rings (SSSR count). The van der Waals surface area contributed by atoms with E-state index in [9.17, 15) is 14.2 Å². The van der Waals surface area contributed by atoms with Gasteiger partial charge in [0.25, 0.3) is 0 Å². The van der Waals surface area contributed by atoms with Crippen molar-refractivity contribution in [1.29, 1.82) is 0 Å². The number of hydrogen-bond acceptors (Lipinski definition) is 7. The largest absolute Gasteiger partial charge is 0.497 e. The zero-order chi connectivity index (χ0) is 25.9. The van der Waals surface area contributed by atoms with Crippen LogP contribution in [-0.4, -0.2) is 57.9 Å². The Balaban J connectivity index is 1.40. The van der Waals surface area contributed by atoms with Crippen LogP contribution in [0.15, 0.2) is 36.4 Å². The van der Waals surface area contributed by atoms with Crippen LogP contribution in [0.2, 0.25) is 0 Å². The number of ether oxygens (including phenoxy) is 3. The smallest absolute Gasteiger partial charge is 0.414 e. The standard InChI is InChI=1S/C24H27F2N2O7P/c1-32-17-3-5-18(6-4-17)35-36(31)9-7-15(8-10-36)22-20(25)11-16(12-21(22)26)28-14-19(34-24(28)30)13-27-23(29)33-2/h3-6,11-12,15,19H,7-10,13-14H2,1-2H3,(H,27,29)/t15?,19-,36?/m0/s1. The zero-order valence-electron chi connectivity index (χ0n) is 19.9. The third kappa shape index (κ3) is 5.73. The van der Waals surface area contributed by atoms with Crippen LogP contribution in [0.1, 0.15) is 24.3 Å². The van der Waals surface area contributed by atoms with E-state index in [2.05, 4.69) is 10.1 Å². The number of alkyl carbamates (subject to hydrolysis) is 1. The Hall–Kier alpha value is -3.33. The molecule has 2 aliphatic rings. The first-order valence-electron chi connectivity index (χ1n) is 11.4. The van der Waals surface area contributed by atoms with Crippen molar-refractivity contribution in [2.75, 3.05) is 44.5 Å². The van der Waals surface area contributed by atoms with Gasteiger partial charge in [-0.3, -0.25) is 9.46 Å². The molecule has 12 heteroatoms. The van der Waals surface area contributed by atoms with Crippen molar-refractivity contribution in [1.82, 2.24) is 5.32 Å². The summed E-state index contributed by atoms with van der Waals surface area (Å²) in [6, 6.07) is 8.93. The minimum Gasteiger partial charge on any atom is -0.497 e. The molecule has 1 atom stereocenters. The molecule has 0 saturated carbocycles. The van der Waals surface area contributed by atoms with Crippen LogP contribution in [0.3, 0.4) is 0 Å². The number of cyclic esters (lactones) is 1. The number of carbonyl (C=O) groups excluding carboxylic acids is 2. The summed E-state index contributed by atoms with van der Waals surface area (Å²) >= 11 is 0. The average molecular weight is 524 g/mol.